The van der Waals surface area contributed by atoms with Gasteiger partial charge in [0.15, 0.2) is 11.6 Å². The molecule has 0 aliphatic heterocycles. The molecule has 0 unspecified atom stereocenters. The highest BCUT2D eigenvalue weighted by atomic mass is 16.3. The molecular formula is C15H16O3. The first-order chi connectivity index (χ1) is 8.58. The zero-order chi connectivity index (χ0) is 13.1. The Bertz CT molecular complexity index is 508. The summed E-state index contributed by atoms with van der Waals surface area (Å²) in [5.74, 6) is -0.539. The average molecular weight is 244 g/mol. The minimum Gasteiger partial charge on any atom is -0.511 e. The van der Waals surface area contributed by atoms with Gasteiger partial charge in [-0.1, -0.05) is 29.8 Å². The van der Waals surface area contributed by atoms with Crippen molar-refractivity contribution in [3.8, 4) is 0 Å². The fourth-order valence-corrected chi connectivity index (χ4v) is 2.24. The Balaban J connectivity index is 2.27. The maximum absolute atomic E-state index is 11.7. The fourth-order valence-electron chi connectivity index (χ4n) is 2.24. The van der Waals surface area contributed by atoms with Gasteiger partial charge in [-0.05, 0) is 18.9 Å². The highest BCUT2D eigenvalue weighted by Crippen LogP contribution is 2.21. The van der Waals surface area contributed by atoms with Crippen LogP contribution in [0, 0.1) is 6.92 Å². The first kappa shape index (κ1) is 12.6. The summed E-state index contributed by atoms with van der Waals surface area (Å²) in [6.45, 7) is 1.96. The first-order valence-corrected chi connectivity index (χ1v) is 6.12. The standard InChI is InChI=1S/C15H16O3/c1-10-4-2-5-11(8-10)9-14(18)15-12(16)6-3-7-13(15)17/h2,4-5,8,18H,3,6-7,9H2,1H3. The second-order valence-corrected chi connectivity index (χ2v) is 4.69. The van der Waals surface area contributed by atoms with Gasteiger partial charge in [-0.2, -0.15) is 0 Å². The van der Waals surface area contributed by atoms with E-state index in [1.165, 1.54) is 0 Å². The van der Waals surface area contributed by atoms with Crippen LogP contribution in [0.25, 0.3) is 0 Å². The maximum atomic E-state index is 11.7. The van der Waals surface area contributed by atoms with E-state index in [0.717, 1.165) is 11.1 Å². The normalized spacial score (nSPS) is 15.9. The molecule has 94 valence electrons. The molecule has 0 spiro atoms. The zero-order valence-corrected chi connectivity index (χ0v) is 10.4. The van der Waals surface area contributed by atoms with E-state index in [9.17, 15) is 14.7 Å². The van der Waals surface area contributed by atoms with E-state index in [1.807, 2.05) is 31.2 Å². The lowest BCUT2D eigenvalue weighted by Crippen LogP contribution is -2.21. The third-order valence-corrected chi connectivity index (χ3v) is 3.11. The number of rotatable bonds is 2. The van der Waals surface area contributed by atoms with Gasteiger partial charge in [0.2, 0.25) is 0 Å². The highest BCUT2D eigenvalue weighted by molar-refractivity contribution is 6.22. The minimum atomic E-state index is -0.226. The number of allylic oxidation sites excluding steroid dienone is 2. The molecule has 2 rings (SSSR count). The summed E-state index contributed by atoms with van der Waals surface area (Å²) in [6.07, 6.45) is 1.56. The first-order valence-electron chi connectivity index (χ1n) is 6.12. The molecule has 18 heavy (non-hydrogen) atoms. The number of benzene rings is 1. The molecule has 0 saturated heterocycles. The lowest BCUT2D eigenvalue weighted by molar-refractivity contribution is -0.124. The zero-order valence-electron chi connectivity index (χ0n) is 10.4. The maximum Gasteiger partial charge on any atom is 0.169 e. The summed E-state index contributed by atoms with van der Waals surface area (Å²) in [5, 5.41) is 10.00. The molecule has 0 bridgehead atoms. The topological polar surface area (TPSA) is 54.4 Å². The summed E-state index contributed by atoms with van der Waals surface area (Å²) in [5.41, 5.74) is 2.01. The van der Waals surface area contributed by atoms with Crippen molar-refractivity contribution >= 4 is 11.6 Å². The van der Waals surface area contributed by atoms with Gasteiger partial charge in [0, 0.05) is 19.3 Å². The average Bonchev–Trinajstić information content (AvgIpc) is 2.28. The Morgan fingerprint density at radius 3 is 2.50 bits per heavy atom. The van der Waals surface area contributed by atoms with E-state index < -0.39 is 0 Å². The summed E-state index contributed by atoms with van der Waals surface area (Å²) in [4.78, 5) is 23.3. The van der Waals surface area contributed by atoms with Gasteiger partial charge < -0.3 is 5.11 Å². The monoisotopic (exact) mass is 244 g/mol. The molecule has 1 aromatic carbocycles. The predicted molar refractivity (Wildman–Crippen MR) is 68.4 cm³/mol. The van der Waals surface area contributed by atoms with Crippen molar-refractivity contribution in [3.05, 3.63) is 46.7 Å². The van der Waals surface area contributed by atoms with Crippen LogP contribution >= 0.6 is 0 Å². The highest BCUT2D eigenvalue weighted by Gasteiger charge is 2.26. The smallest absolute Gasteiger partial charge is 0.169 e. The van der Waals surface area contributed by atoms with Crippen molar-refractivity contribution in [2.75, 3.05) is 0 Å². The van der Waals surface area contributed by atoms with Crippen LogP contribution < -0.4 is 0 Å². The van der Waals surface area contributed by atoms with E-state index in [-0.39, 0.29) is 29.3 Å². The van der Waals surface area contributed by atoms with Gasteiger partial charge >= 0.3 is 0 Å². The van der Waals surface area contributed by atoms with E-state index in [2.05, 4.69) is 0 Å². The number of Topliss-reactive ketones (excluding diaryl/α,β-unsaturated/α-hetero) is 2. The van der Waals surface area contributed by atoms with Gasteiger partial charge in [0.1, 0.15) is 5.76 Å². The number of hydrogen-bond donors (Lipinski definition) is 1. The van der Waals surface area contributed by atoms with Crippen LogP contribution in [0.1, 0.15) is 30.4 Å². The Labute approximate surface area is 106 Å². The van der Waals surface area contributed by atoms with Crippen LogP contribution in [-0.2, 0) is 16.0 Å². The molecule has 3 heteroatoms. The summed E-state index contributed by atoms with van der Waals surface area (Å²) in [7, 11) is 0. The molecule has 3 nitrogen and oxygen atoms in total. The number of ketones is 2. The van der Waals surface area contributed by atoms with Crippen molar-refractivity contribution in [1.29, 1.82) is 0 Å². The molecule has 0 radical (unpaired) electrons. The molecule has 1 aliphatic rings. The molecule has 1 fully saturated rings. The molecule has 1 saturated carbocycles. The Morgan fingerprint density at radius 2 is 1.89 bits per heavy atom. The van der Waals surface area contributed by atoms with Gasteiger partial charge in [-0.15, -0.1) is 0 Å². The summed E-state index contributed by atoms with van der Waals surface area (Å²) < 4.78 is 0. The van der Waals surface area contributed by atoms with E-state index in [1.54, 1.807) is 0 Å². The summed E-state index contributed by atoms with van der Waals surface area (Å²) >= 11 is 0. The molecule has 1 N–H and O–H groups in total. The molecule has 0 heterocycles. The van der Waals surface area contributed by atoms with Crippen LogP contribution in [-0.4, -0.2) is 16.7 Å². The Hall–Kier alpha value is -1.90. The second kappa shape index (κ2) is 5.17. The van der Waals surface area contributed by atoms with Crippen molar-refractivity contribution in [2.45, 2.75) is 32.6 Å². The van der Waals surface area contributed by atoms with Crippen molar-refractivity contribution in [1.82, 2.24) is 0 Å². The largest absolute Gasteiger partial charge is 0.511 e. The SMILES string of the molecule is Cc1cccc(CC(O)=C2C(=O)CCCC2=O)c1. The number of aliphatic hydroxyl groups excluding tert-OH is 1. The number of carbonyl (C=O) groups excluding carboxylic acids is 2. The number of hydrogen-bond acceptors (Lipinski definition) is 3. The van der Waals surface area contributed by atoms with Crippen molar-refractivity contribution in [2.24, 2.45) is 0 Å². The lowest BCUT2D eigenvalue weighted by atomic mass is 9.90. The van der Waals surface area contributed by atoms with Crippen LogP contribution in [0.3, 0.4) is 0 Å². The predicted octanol–water partition coefficient (Wildman–Crippen LogP) is 2.67. The lowest BCUT2D eigenvalue weighted by Gasteiger charge is -2.13. The van der Waals surface area contributed by atoms with E-state index in [0.29, 0.717) is 19.3 Å². The quantitative estimate of drug-likeness (QED) is 0.494. The third-order valence-electron chi connectivity index (χ3n) is 3.11. The van der Waals surface area contributed by atoms with Crippen molar-refractivity contribution < 1.29 is 14.7 Å². The Morgan fingerprint density at radius 1 is 1.22 bits per heavy atom. The summed E-state index contributed by atoms with van der Waals surface area (Å²) in [6, 6.07) is 7.67. The molecule has 0 atom stereocenters. The molecule has 1 aliphatic carbocycles. The van der Waals surface area contributed by atoms with Crippen molar-refractivity contribution in [3.63, 3.8) is 0 Å². The second-order valence-electron chi connectivity index (χ2n) is 4.69. The molecule has 1 aromatic rings. The number of aryl methyl sites for hydroxylation is 1. The van der Waals surface area contributed by atoms with Gasteiger partial charge in [0.05, 0.1) is 5.57 Å². The molecule has 0 aromatic heterocycles. The number of carbonyl (C=O) groups is 2. The minimum absolute atomic E-state index is 0.0164. The third kappa shape index (κ3) is 2.67. The number of aliphatic hydroxyl groups is 1. The van der Waals surface area contributed by atoms with Gasteiger partial charge in [0.25, 0.3) is 0 Å². The van der Waals surface area contributed by atoms with Gasteiger partial charge in [-0.25, -0.2) is 0 Å². The van der Waals surface area contributed by atoms with E-state index >= 15 is 0 Å². The van der Waals surface area contributed by atoms with E-state index in [4.69, 9.17) is 0 Å². The fraction of sp³-hybridized carbons (Fsp3) is 0.333. The molecular weight excluding hydrogens is 228 g/mol. The Kier molecular flexibility index (Phi) is 3.60. The van der Waals surface area contributed by atoms with Crippen LogP contribution in [0.4, 0.5) is 0 Å². The van der Waals surface area contributed by atoms with Crippen LogP contribution in [0.2, 0.25) is 0 Å². The van der Waals surface area contributed by atoms with Gasteiger partial charge in [-0.3, -0.25) is 9.59 Å². The van der Waals surface area contributed by atoms with Crippen LogP contribution in [0.5, 0.6) is 0 Å². The molecule has 0 amide bonds. The van der Waals surface area contributed by atoms with Crippen LogP contribution in [0.15, 0.2) is 35.6 Å².